The monoisotopic (exact) mass is 566 g/mol. The van der Waals surface area contributed by atoms with Gasteiger partial charge >= 0.3 is 0 Å². The summed E-state index contributed by atoms with van der Waals surface area (Å²) in [4.78, 5) is 34.2. The summed E-state index contributed by atoms with van der Waals surface area (Å²) in [6.07, 6.45) is 3.24. The Bertz CT molecular complexity index is 1770. The van der Waals surface area contributed by atoms with Crippen LogP contribution in [-0.4, -0.2) is 39.9 Å². The molecule has 4 radical (unpaired) electrons. The molecule has 1 N–H and O–H groups in total. The van der Waals surface area contributed by atoms with Crippen LogP contribution < -0.4 is 15.9 Å². The third-order valence-electron chi connectivity index (χ3n) is 5.96. The van der Waals surface area contributed by atoms with Crippen LogP contribution in [0.1, 0.15) is 36.4 Å². The number of hydrogen-bond acceptors (Lipinski definition) is 6. The Morgan fingerprint density at radius 2 is 1.68 bits per heavy atom. The molecule has 40 heavy (non-hydrogen) atoms. The number of halogens is 4. The molecule has 0 amide bonds. The number of aryl methyl sites for hydroxylation is 2. The fraction of sp³-hybridized carbons (Fsp3) is 0.231. The number of pyridine rings is 4. The van der Waals surface area contributed by atoms with Crippen LogP contribution in [0.3, 0.4) is 0 Å². The first-order valence-corrected chi connectivity index (χ1v) is 12.0. The second-order valence-electron chi connectivity index (χ2n) is 9.59. The Balaban J connectivity index is 1.82. The highest BCUT2D eigenvalue weighted by molar-refractivity contribution is 6.39. The van der Waals surface area contributed by atoms with Crippen molar-refractivity contribution >= 4 is 27.3 Å². The van der Waals surface area contributed by atoms with Crippen molar-refractivity contribution in [3.63, 3.8) is 0 Å². The van der Waals surface area contributed by atoms with Gasteiger partial charge in [0.25, 0.3) is 11.1 Å². The molecule has 0 bridgehead atoms. The molecule has 0 aliphatic heterocycles. The molecule has 202 valence electrons. The molecule has 4 aromatic rings. The Morgan fingerprint density at radius 3 is 2.30 bits per heavy atom. The Labute approximate surface area is 233 Å². The van der Waals surface area contributed by atoms with Gasteiger partial charge in [0.05, 0.1) is 28.4 Å². The van der Waals surface area contributed by atoms with Crippen LogP contribution in [0.15, 0.2) is 52.4 Å². The fourth-order valence-electron chi connectivity index (χ4n) is 4.11. The topological polar surface area (TPSA) is 99.2 Å². The van der Waals surface area contributed by atoms with E-state index >= 15 is 0 Å². The highest BCUT2D eigenvalue weighted by Gasteiger charge is 2.30. The van der Waals surface area contributed by atoms with E-state index in [0.717, 1.165) is 16.8 Å². The van der Waals surface area contributed by atoms with E-state index in [1.807, 2.05) is 0 Å². The summed E-state index contributed by atoms with van der Waals surface area (Å²) in [6, 6.07) is 4.25. The molecule has 0 aromatic carbocycles. The maximum absolute atomic E-state index is 14.4. The van der Waals surface area contributed by atoms with Crippen molar-refractivity contribution in [2.24, 2.45) is 0 Å². The van der Waals surface area contributed by atoms with Crippen LogP contribution in [0.4, 0.5) is 13.2 Å². The van der Waals surface area contributed by atoms with E-state index in [2.05, 4.69) is 9.97 Å². The van der Waals surface area contributed by atoms with Gasteiger partial charge in [-0.05, 0) is 39.3 Å². The summed E-state index contributed by atoms with van der Waals surface area (Å²) in [6.45, 7) is 5.74. The van der Waals surface area contributed by atoms with Gasteiger partial charge in [0.1, 0.15) is 55.4 Å². The number of rotatable bonds is 6. The van der Waals surface area contributed by atoms with E-state index in [1.165, 1.54) is 43.7 Å². The van der Waals surface area contributed by atoms with Crippen molar-refractivity contribution in [2.75, 3.05) is 0 Å². The molecule has 0 saturated heterocycles. The average Bonchev–Trinajstić information content (AvgIpc) is 2.82. The molecule has 14 heteroatoms. The fourth-order valence-corrected chi connectivity index (χ4v) is 4.29. The quantitative estimate of drug-likeness (QED) is 0.360. The lowest BCUT2D eigenvalue weighted by Crippen LogP contribution is -2.37. The first kappa shape index (κ1) is 29.2. The second kappa shape index (κ2) is 10.3. The Kier molecular flexibility index (Phi) is 7.50. The average molecular weight is 567 g/mol. The highest BCUT2D eigenvalue weighted by Crippen LogP contribution is 2.30. The molecule has 4 rings (SSSR count). The van der Waals surface area contributed by atoms with Crippen molar-refractivity contribution in [1.29, 1.82) is 0 Å². The van der Waals surface area contributed by atoms with E-state index in [9.17, 15) is 27.9 Å². The normalized spacial score (nSPS) is 12.0. The number of hydrogen-bond donors (Lipinski definition) is 1. The van der Waals surface area contributed by atoms with Gasteiger partial charge < -0.3 is 9.84 Å². The van der Waals surface area contributed by atoms with Gasteiger partial charge in [-0.15, -0.1) is 0 Å². The zero-order valence-electron chi connectivity index (χ0n) is 21.7. The first-order valence-electron chi connectivity index (χ1n) is 11.6. The molecule has 0 fully saturated rings. The summed E-state index contributed by atoms with van der Waals surface area (Å²) in [5, 5.41) is 7.40. The molecule has 0 atom stereocenters. The highest BCUT2D eigenvalue weighted by atomic mass is 35.5. The van der Waals surface area contributed by atoms with Crippen LogP contribution >= 0.6 is 11.6 Å². The first-order chi connectivity index (χ1) is 18.5. The zero-order chi connectivity index (χ0) is 29.7. The summed E-state index contributed by atoms with van der Waals surface area (Å²) in [5.41, 5.74) is -3.47. The number of aromatic nitrogens is 4. The maximum Gasteiger partial charge on any atom is 0.277 e. The molecule has 0 saturated carbocycles. The van der Waals surface area contributed by atoms with Crippen LogP contribution in [-0.2, 0) is 11.0 Å². The smallest absolute Gasteiger partial charge is 0.277 e. The van der Waals surface area contributed by atoms with Gasteiger partial charge in [-0.2, -0.15) is 0 Å². The van der Waals surface area contributed by atoms with E-state index < -0.39 is 55.9 Å². The maximum atomic E-state index is 14.4. The standard InChI is InChI=1S/C26H20B2ClF3N4O4/c1-12-10-33-19(35-6-5-15(31)20(23(35)37)25(3,4)39)9-17(12)36-13(2)7-18(21(29)24(36)38)40-26(27,28)22-16(32)8-14(30)11-34-22/h5-11,39H,1-4H3. The van der Waals surface area contributed by atoms with E-state index in [0.29, 0.717) is 17.8 Å². The van der Waals surface area contributed by atoms with Crippen molar-refractivity contribution in [3.05, 3.63) is 109 Å². The molecular weight excluding hydrogens is 546 g/mol. The summed E-state index contributed by atoms with van der Waals surface area (Å²) < 4.78 is 49.6. The Morgan fingerprint density at radius 1 is 1.00 bits per heavy atom. The van der Waals surface area contributed by atoms with Crippen LogP contribution in [0.5, 0.6) is 5.75 Å². The lowest BCUT2D eigenvalue weighted by Gasteiger charge is -2.28. The molecular formula is C26H20B2ClF3N4O4. The summed E-state index contributed by atoms with van der Waals surface area (Å²) in [7, 11) is 11.8. The minimum absolute atomic E-state index is 0.0274. The predicted octanol–water partition coefficient (Wildman–Crippen LogP) is 3.22. The van der Waals surface area contributed by atoms with Crippen LogP contribution in [0.25, 0.3) is 11.5 Å². The summed E-state index contributed by atoms with van der Waals surface area (Å²) >= 11 is 6.32. The van der Waals surface area contributed by atoms with Gasteiger partial charge in [-0.1, -0.05) is 11.6 Å². The molecule has 4 heterocycles. The van der Waals surface area contributed by atoms with Crippen LogP contribution in [0, 0.1) is 31.3 Å². The number of ether oxygens (including phenoxy) is 1. The minimum Gasteiger partial charge on any atom is -0.499 e. The van der Waals surface area contributed by atoms with Gasteiger partial charge in [0.15, 0.2) is 0 Å². The van der Waals surface area contributed by atoms with Gasteiger partial charge in [0, 0.05) is 36.3 Å². The van der Waals surface area contributed by atoms with E-state index in [1.54, 1.807) is 6.92 Å². The third kappa shape index (κ3) is 5.31. The molecule has 4 aromatic heterocycles. The molecule has 0 aliphatic rings. The van der Waals surface area contributed by atoms with Crippen molar-refractivity contribution in [3.8, 4) is 17.3 Å². The lowest BCUT2D eigenvalue weighted by molar-refractivity contribution is 0.0725. The van der Waals surface area contributed by atoms with Gasteiger partial charge in [-0.25, -0.2) is 18.2 Å². The van der Waals surface area contributed by atoms with Crippen LogP contribution in [0.2, 0.25) is 5.02 Å². The molecule has 0 spiro atoms. The molecule has 8 nitrogen and oxygen atoms in total. The predicted molar refractivity (Wildman–Crippen MR) is 143 cm³/mol. The minimum atomic E-state index is -2.42. The van der Waals surface area contributed by atoms with E-state index in [-0.39, 0.29) is 22.9 Å². The largest absolute Gasteiger partial charge is 0.499 e. The SMILES string of the molecule is [B]C([B])(Oc1cc(C)n(-c2cc(-n3ccc(F)c(C(C)(C)O)c3=O)ncc2C)c(=O)c1Cl)c1ncc(F)cc1F. The van der Waals surface area contributed by atoms with Crippen molar-refractivity contribution in [2.45, 2.75) is 38.7 Å². The van der Waals surface area contributed by atoms with Gasteiger partial charge in [0.2, 0.25) is 0 Å². The second-order valence-corrected chi connectivity index (χ2v) is 9.96. The van der Waals surface area contributed by atoms with E-state index in [4.69, 9.17) is 32.0 Å². The van der Waals surface area contributed by atoms with Crippen molar-refractivity contribution in [1.82, 2.24) is 19.1 Å². The third-order valence-corrected chi connectivity index (χ3v) is 6.31. The lowest BCUT2D eigenvalue weighted by atomic mass is 9.62. The number of aliphatic hydroxyl groups is 1. The van der Waals surface area contributed by atoms with Crippen molar-refractivity contribution < 1.29 is 23.0 Å². The number of nitrogens with zero attached hydrogens (tertiary/aromatic N) is 4. The van der Waals surface area contributed by atoms with Gasteiger partial charge in [-0.3, -0.25) is 23.7 Å². The summed E-state index contributed by atoms with van der Waals surface area (Å²) in [5.74, 6) is -3.29. The zero-order valence-corrected chi connectivity index (χ0v) is 22.4. The molecule has 0 aliphatic carbocycles. The Hall–Kier alpha value is -3.83. The molecule has 0 unspecified atom stereocenters.